The Hall–Kier alpha value is -4.94. The zero-order chi connectivity index (χ0) is 37.4. The van der Waals surface area contributed by atoms with Crippen LogP contribution in [0.2, 0.25) is 0 Å². The minimum atomic E-state index is -0.264. The molecule has 2 aromatic carbocycles. The molecule has 3 aliphatic rings. The molecule has 0 saturated carbocycles. The average Bonchev–Trinajstić information content (AvgIpc) is 3.79. The minimum Gasteiger partial charge on any atom is -0.484 e. The number of aromatic nitrogens is 5. The van der Waals surface area contributed by atoms with Crippen LogP contribution in [-0.4, -0.2) is 86.0 Å². The fourth-order valence-electron chi connectivity index (χ4n) is 8.06. The molecule has 2 aliphatic heterocycles. The van der Waals surface area contributed by atoms with Gasteiger partial charge in [0.25, 0.3) is 0 Å². The fraction of sp³-hybridized carbons (Fsp3) is 0.476. The largest absolute Gasteiger partial charge is 0.484 e. The number of hydrogen-bond donors (Lipinski definition) is 2. The van der Waals surface area contributed by atoms with E-state index in [1.165, 1.54) is 12.0 Å². The van der Waals surface area contributed by atoms with E-state index in [1.807, 2.05) is 41.2 Å². The van der Waals surface area contributed by atoms with Crippen molar-refractivity contribution in [3.8, 4) is 11.4 Å². The summed E-state index contributed by atoms with van der Waals surface area (Å²) in [5.41, 5.74) is 5.86. The Kier molecular flexibility index (Phi) is 10.1. The van der Waals surface area contributed by atoms with Gasteiger partial charge < -0.3 is 19.9 Å². The van der Waals surface area contributed by atoms with Crippen LogP contribution in [0.4, 0.5) is 16.6 Å². The molecule has 3 atom stereocenters. The Morgan fingerprint density at radius 2 is 1.67 bits per heavy atom. The molecule has 3 aromatic heterocycles. The number of fused-ring (bicyclic) bond motifs is 2. The zero-order valence-corrected chi connectivity index (χ0v) is 32.3. The SMILES string of the molecule is CC1CCCCN1c1nnc2ccc(O[C@@H]3CC[C@H](NC(=O)Nc4cc(C(C)(C)C)nn4-c4ccc(CN5CCN(C)CC5)cc4)c4ccccc43)cn12. The first-order valence-electron chi connectivity index (χ1n) is 19.6. The van der Waals surface area contributed by atoms with Gasteiger partial charge in [0.1, 0.15) is 17.7 Å². The molecule has 0 radical (unpaired) electrons. The second-order valence-corrected chi connectivity index (χ2v) is 16.4. The first kappa shape index (κ1) is 36.1. The van der Waals surface area contributed by atoms with Crippen LogP contribution < -0.4 is 20.3 Å². The Bertz CT molecular complexity index is 2070. The normalized spacial score (nSPS) is 21.2. The maximum atomic E-state index is 13.8. The Balaban J connectivity index is 0.965. The number of piperazine rings is 1. The lowest BCUT2D eigenvalue weighted by Gasteiger charge is -2.33. The van der Waals surface area contributed by atoms with Crippen molar-refractivity contribution in [2.45, 2.75) is 89.9 Å². The highest BCUT2D eigenvalue weighted by Gasteiger charge is 2.31. The number of piperidine rings is 1. The summed E-state index contributed by atoms with van der Waals surface area (Å²) in [7, 11) is 2.18. The molecule has 2 fully saturated rings. The standard InChI is InChI=1S/C42H54N10O2/c1-29-10-8-9-21-50(29)41-46-45-38-20-17-32(28-51(38)41)54-36-19-18-35(33-11-6-7-12-34(33)36)43-40(53)44-39-26-37(42(2,3)4)47-52(39)31-15-13-30(14-16-31)27-49-24-22-48(5)23-25-49/h6-7,11-17,20,26,28-29,35-36H,8-10,18-19,21-25,27H2,1-5H3,(H2,43,44,53)/t29?,35-,36+/m0/s1. The van der Waals surface area contributed by atoms with Gasteiger partial charge in [-0.3, -0.25) is 14.6 Å². The highest BCUT2D eigenvalue weighted by molar-refractivity contribution is 5.89. The number of nitrogens with one attached hydrogen (secondary N) is 2. The third-order valence-electron chi connectivity index (χ3n) is 11.3. The summed E-state index contributed by atoms with van der Waals surface area (Å²) >= 11 is 0. The lowest BCUT2D eigenvalue weighted by atomic mass is 9.85. The first-order chi connectivity index (χ1) is 26.1. The topological polar surface area (TPSA) is 108 Å². The lowest BCUT2D eigenvalue weighted by molar-refractivity contribution is 0.148. The van der Waals surface area contributed by atoms with Gasteiger partial charge in [-0.2, -0.15) is 5.10 Å². The number of rotatable bonds is 8. The van der Waals surface area contributed by atoms with E-state index in [0.29, 0.717) is 11.9 Å². The van der Waals surface area contributed by atoms with Gasteiger partial charge in [0, 0.05) is 56.8 Å². The van der Waals surface area contributed by atoms with Crippen LogP contribution in [0.5, 0.6) is 5.75 Å². The summed E-state index contributed by atoms with van der Waals surface area (Å²) in [5, 5.41) is 20.4. The monoisotopic (exact) mass is 730 g/mol. The fourth-order valence-corrected chi connectivity index (χ4v) is 8.06. The van der Waals surface area contributed by atoms with Crippen molar-refractivity contribution < 1.29 is 9.53 Å². The van der Waals surface area contributed by atoms with Crippen molar-refractivity contribution >= 4 is 23.4 Å². The summed E-state index contributed by atoms with van der Waals surface area (Å²) in [6.07, 6.45) is 6.92. The van der Waals surface area contributed by atoms with Crippen molar-refractivity contribution in [3.63, 3.8) is 0 Å². The quantitative estimate of drug-likeness (QED) is 0.174. The number of likely N-dealkylation sites (N-methyl/N-ethyl adjacent to an activating group) is 1. The molecule has 284 valence electrons. The number of benzene rings is 2. The molecule has 0 spiro atoms. The molecule has 2 saturated heterocycles. The summed E-state index contributed by atoms with van der Waals surface area (Å²) in [4.78, 5) is 21.0. The molecule has 0 bridgehead atoms. The highest BCUT2D eigenvalue weighted by atomic mass is 16.5. The van der Waals surface area contributed by atoms with Gasteiger partial charge >= 0.3 is 6.03 Å². The van der Waals surface area contributed by atoms with Gasteiger partial charge in [0.15, 0.2) is 5.65 Å². The van der Waals surface area contributed by atoms with Crippen molar-refractivity contribution in [3.05, 3.63) is 95.3 Å². The van der Waals surface area contributed by atoms with E-state index >= 15 is 0 Å². The maximum Gasteiger partial charge on any atom is 0.320 e. The minimum absolute atomic E-state index is 0.149. The number of nitrogens with zero attached hydrogens (tertiary/aromatic N) is 8. The Morgan fingerprint density at radius 3 is 2.43 bits per heavy atom. The molecule has 12 nitrogen and oxygen atoms in total. The van der Waals surface area contributed by atoms with Crippen LogP contribution in [0.3, 0.4) is 0 Å². The van der Waals surface area contributed by atoms with Gasteiger partial charge in [-0.1, -0.05) is 57.2 Å². The molecule has 8 rings (SSSR count). The molecular weight excluding hydrogens is 677 g/mol. The van der Waals surface area contributed by atoms with Crippen molar-refractivity contribution in [1.29, 1.82) is 0 Å². The van der Waals surface area contributed by atoms with E-state index in [0.717, 1.165) is 105 Å². The number of carbonyl (C=O) groups is 1. The van der Waals surface area contributed by atoms with E-state index in [2.05, 4.69) is 111 Å². The Labute approximate surface area is 318 Å². The van der Waals surface area contributed by atoms with Gasteiger partial charge in [-0.15, -0.1) is 10.2 Å². The second kappa shape index (κ2) is 15.1. The van der Waals surface area contributed by atoms with E-state index in [4.69, 9.17) is 9.84 Å². The van der Waals surface area contributed by atoms with Gasteiger partial charge in [0.05, 0.1) is 23.6 Å². The molecule has 5 heterocycles. The van der Waals surface area contributed by atoms with Crippen LogP contribution >= 0.6 is 0 Å². The molecule has 1 unspecified atom stereocenters. The van der Waals surface area contributed by atoms with Crippen LogP contribution in [0.1, 0.15) is 94.3 Å². The first-order valence-corrected chi connectivity index (χ1v) is 19.6. The number of carbonyl (C=O) groups excluding carboxylic acids is 1. The van der Waals surface area contributed by atoms with Gasteiger partial charge in [0.2, 0.25) is 5.95 Å². The van der Waals surface area contributed by atoms with E-state index in [1.54, 1.807) is 0 Å². The third kappa shape index (κ3) is 7.67. The maximum absolute atomic E-state index is 13.8. The molecule has 12 heteroatoms. The number of amides is 2. The summed E-state index contributed by atoms with van der Waals surface area (Å²) in [6, 6.07) is 22.8. The summed E-state index contributed by atoms with van der Waals surface area (Å²) in [6.45, 7) is 14.9. The van der Waals surface area contributed by atoms with Gasteiger partial charge in [-0.25, -0.2) is 9.48 Å². The summed E-state index contributed by atoms with van der Waals surface area (Å²) < 4.78 is 10.6. The van der Waals surface area contributed by atoms with E-state index in [9.17, 15) is 4.79 Å². The molecule has 54 heavy (non-hydrogen) atoms. The van der Waals surface area contributed by atoms with Crippen molar-refractivity contribution in [1.82, 2.24) is 39.5 Å². The van der Waals surface area contributed by atoms with Crippen LogP contribution in [-0.2, 0) is 12.0 Å². The lowest BCUT2D eigenvalue weighted by Crippen LogP contribution is -2.43. The van der Waals surface area contributed by atoms with Crippen molar-refractivity contribution in [2.75, 3.05) is 50.0 Å². The van der Waals surface area contributed by atoms with Crippen LogP contribution in [0.25, 0.3) is 11.3 Å². The number of pyridine rings is 1. The van der Waals surface area contributed by atoms with Crippen molar-refractivity contribution in [2.24, 2.45) is 0 Å². The number of anilines is 2. The van der Waals surface area contributed by atoms with E-state index < -0.39 is 0 Å². The molecular formula is C42H54N10O2. The Morgan fingerprint density at radius 1 is 0.889 bits per heavy atom. The molecule has 2 N–H and O–H groups in total. The predicted octanol–water partition coefficient (Wildman–Crippen LogP) is 7.12. The molecule has 1 aliphatic carbocycles. The third-order valence-corrected chi connectivity index (χ3v) is 11.3. The van der Waals surface area contributed by atoms with Gasteiger partial charge in [-0.05, 0) is 87.0 Å². The smallest absolute Gasteiger partial charge is 0.320 e. The molecule has 2 amide bonds. The van der Waals surface area contributed by atoms with Crippen LogP contribution in [0.15, 0.2) is 72.9 Å². The van der Waals surface area contributed by atoms with E-state index in [-0.39, 0.29) is 23.6 Å². The number of urea groups is 1. The number of ether oxygens (including phenoxy) is 1. The summed E-state index contributed by atoms with van der Waals surface area (Å²) in [5.74, 6) is 2.28. The highest BCUT2D eigenvalue weighted by Crippen LogP contribution is 2.39. The van der Waals surface area contributed by atoms with Crippen LogP contribution in [0, 0.1) is 0 Å². The average molecular weight is 731 g/mol. The predicted molar refractivity (Wildman–Crippen MR) is 213 cm³/mol. The zero-order valence-electron chi connectivity index (χ0n) is 32.3. The number of hydrogen-bond acceptors (Lipinski definition) is 8. The molecule has 5 aromatic rings. The second-order valence-electron chi connectivity index (χ2n) is 16.4.